The van der Waals surface area contributed by atoms with Crippen molar-refractivity contribution in [2.75, 3.05) is 0 Å². The summed E-state index contributed by atoms with van der Waals surface area (Å²) in [5.41, 5.74) is 0.161. The molecule has 0 bridgehead atoms. The Bertz CT molecular complexity index is 441. The Balaban J connectivity index is 2.28. The second-order valence-electron chi connectivity index (χ2n) is 4.66. The molecule has 0 aromatic heterocycles. The summed E-state index contributed by atoms with van der Waals surface area (Å²) in [5.74, 6) is -0.664. The summed E-state index contributed by atoms with van der Waals surface area (Å²) in [7, 11) is 0. The average molecular weight is 300 g/mol. The van der Waals surface area contributed by atoms with E-state index in [1.165, 1.54) is 6.07 Å². The van der Waals surface area contributed by atoms with E-state index in [0.717, 1.165) is 12.8 Å². The van der Waals surface area contributed by atoms with Gasteiger partial charge in [0.25, 0.3) is 5.91 Å². The van der Waals surface area contributed by atoms with Gasteiger partial charge in [0.1, 0.15) is 5.82 Å². The first-order chi connectivity index (χ1) is 8.00. The van der Waals surface area contributed by atoms with Gasteiger partial charge in [-0.05, 0) is 44.9 Å². The van der Waals surface area contributed by atoms with Gasteiger partial charge in [0, 0.05) is 16.6 Å². The molecular weight excluding hydrogens is 285 g/mol. The van der Waals surface area contributed by atoms with Gasteiger partial charge in [0.2, 0.25) is 0 Å². The Morgan fingerprint density at radius 2 is 2.12 bits per heavy atom. The summed E-state index contributed by atoms with van der Waals surface area (Å²) < 4.78 is 14.4. The zero-order valence-electron chi connectivity index (χ0n) is 9.91. The molecule has 0 atom stereocenters. The third-order valence-corrected chi connectivity index (χ3v) is 3.39. The maximum atomic E-state index is 13.7. The van der Waals surface area contributed by atoms with Crippen LogP contribution in [0.1, 0.15) is 37.0 Å². The van der Waals surface area contributed by atoms with Gasteiger partial charge in [0.05, 0.1) is 5.56 Å². The summed E-state index contributed by atoms with van der Waals surface area (Å²) in [5, 5.41) is 0. The van der Waals surface area contributed by atoms with Gasteiger partial charge in [-0.15, -0.1) is 0 Å². The van der Waals surface area contributed by atoms with Crippen LogP contribution >= 0.6 is 15.9 Å². The summed E-state index contributed by atoms with van der Waals surface area (Å²) in [4.78, 5) is 14.1. The Hall–Kier alpha value is -0.900. The van der Waals surface area contributed by atoms with Crippen LogP contribution in [0.15, 0.2) is 22.7 Å². The summed E-state index contributed by atoms with van der Waals surface area (Å²) in [6.45, 7) is 3.93. The molecule has 1 aromatic rings. The molecule has 1 saturated carbocycles. The van der Waals surface area contributed by atoms with E-state index in [9.17, 15) is 9.18 Å². The molecule has 0 saturated heterocycles. The van der Waals surface area contributed by atoms with Crippen molar-refractivity contribution in [3.8, 4) is 0 Å². The zero-order valence-corrected chi connectivity index (χ0v) is 11.5. The van der Waals surface area contributed by atoms with Crippen LogP contribution in [-0.4, -0.2) is 22.9 Å². The van der Waals surface area contributed by atoms with E-state index in [1.807, 2.05) is 13.8 Å². The summed E-state index contributed by atoms with van der Waals surface area (Å²) >= 11 is 3.19. The van der Waals surface area contributed by atoms with Gasteiger partial charge in [-0.25, -0.2) is 4.39 Å². The first-order valence-electron chi connectivity index (χ1n) is 5.78. The molecule has 92 valence electrons. The van der Waals surface area contributed by atoms with Crippen molar-refractivity contribution >= 4 is 21.8 Å². The van der Waals surface area contributed by atoms with Gasteiger partial charge in [-0.2, -0.15) is 0 Å². The number of carbonyl (C=O) groups is 1. The van der Waals surface area contributed by atoms with Gasteiger partial charge < -0.3 is 4.90 Å². The lowest BCUT2D eigenvalue weighted by Gasteiger charge is -2.26. The Morgan fingerprint density at radius 1 is 1.47 bits per heavy atom. The van der Waals surface area contributed by atoms with Crippen molar-refractivity contribution in [2.24, 2.45) is 0 Å². The SMILES string of the molecule is CC(C)N(C(=O)c1ccc(Br)cc1F)C1CC1. The maximum absolute atomic E-state index is 13.7. The van der Waals surface area contributed by atoms with Crippen LogP contribution in [0.3, 0.4) is 0 Å². The monoisotopic (exact) mass is 299 g/mol. The normalized spacial score (nSPS) is 15.1. The van der Waals surface area contributed by atoms with Crippen molar-refractivity contribution in [2.45, 2.75) is 38.8 Å². The lowest BCUT2D eigenvalue weighted by molar-refractivity contribution is 0.0685. The smallest absolute Gasteiger partial charge is 0.257 e. The highest BCUT2D eigenvalue weighted by Crippen LogP contribution is 2.30. The summed E-state index contributed by atoms with van der Waals surface area (Å²) in [6.07, 6.45) is 2.06. The molecule has 1 aliphatic rings. The van der Waals surface area contributed by atoms with Gasteiger partial charge in [-0.1, -0.05) is 15.9 Å². The standard InChI is InChI=1S/C13H15BrFNO/c1-8(2)16(10-4-5-10)13(17)11-6-3-9(14)7-12(11)15/h3,6-8,10H,4-5H2,1-2H3. The fraction of sp³-hybridized carbons (Fsp3) is 0.462. The number of nitrogens with zero attached hydrogens (tertiary/aromatic N) is 1. The van der Waals surface area contributed by atoms with E-state index < -0.39 is 5.82 Å². The third kappa shape index (κ3) is 2.68. The lowest BCUT2D eigenvalue weighted by Crippen LogP contribution is -2.39. The van der Waals surface area contributed by atoms with Crippen molar-refractivity contribution < 1.29 is 9.18 Å². The number of hydrogen-bond donors (Lipinski definition) is 0. The minimum absolute atomic E-state index is 0.109. The quantitative estimate of drug-likeness (QED) is 0.835. The molecule has 0 spiro atoms. The van der Waals surface area contributed by atoms with E-state index in [1.54, 1.807) is 17.0 Å². The second kappa shape index (κ2) is 4.77. The fourth-order valence-electron chi connectivity index (χ4n) is 1.98. The van der Waals surface area contributed by atoms with Crippen molar-refractivity contribution in [1.82, 2.24) is 4.90 Å². The number of benzene rings is 1. The van der Waals surface area contributed by atoms with E-state index in [0.29, 0.717) is 10.5 Å². The molecule has 0 radical (unpaired) electrons. The van der Waals surface area contributed by atoms with Crippen molar-refractivity contribution in [1.29, 1.82) is 0 Å². The van der Waals surface area contributed by atoms with E-state index >= 15 is 0 Å². The van der Waals surface area contributed by atoms with E-state index in [-0.39, 0.29) is 17.5 Å². The Labute approximate surface area is 109 Å². The first-order valence-corrected chi connectivity index (χ1v) is 6.57. The highest BCUT2D eigenvalue weighted by Gasteiger charge is 2.35. The minimum atomic E-state index is -0.462. The molecule has 1 amide bonds. The topological polar surface area (TPSA) is 20.3 Å². The Morgan fingerprint density at radius 3 is 2.59 bits per heavy atom. The van der Waals surface area contributed by atoms with Crippen LogP contribution in [0.25, 0.3) is 0 Å². The molecular formula is C13H15BrFNO. The van der Waals surface area contributed by atoms with Crippen LogP contribution < -0.4 is 0 Å². The molecule has 1 aliphatic carbocycles. The highest BCUT2D eigenvalue weighted by atomic mass is 79.9. The van der Waals surface area contributed by atoms with Crippen molar-refractivity contribution in [3.63, 3.8) is 0 Å². The average Bonchev–Trinajstić information content (AvgIpc) is 3.01. The molecule has 1 fully saturated rings. The number of rotatable bonds is 3. The van der Waals surface area contributed by atoms with Crippen LogP contribution in [0.5, 0.6) is 0 Å². The first kappa shape index (κ1) is 12.6. The molecule has 0 N–H and O–H groups in total. The Kier molecular flexibility index (Phi) is 3.52. The molecule has 2 rings (SSSR count). The molecule has 4 heteroatoms. The van der Waals surface area contributed by atoms with Crippen LogP contribution in [0, 0.1) is 5.82 Å². The number of amides is 1. The molecule has 17 heavy (non-hydrogen) atoms. The molecule has 0 aliphatic heterocycles. The maximum Gasteiger partial charge on any atom is 0.257 e. The molecule has 0 heterocycles. The molecule has 0 unspecified atom stereocenters. The number of hydrogen-bond acceptors (Lipinski definition) is 1. The van der Waals surface area contributed by atoms with Crippen LogP contribution in [0.4, 0.5) is 4.39 Å². The number of carbonyl (C=O) groups excluding carboxylic acids is 1. The van der Waals surface area contributed by atoms with Gasteiger partial charge in [-0.3, -0.25) is 4.79 Å². The third-order valence-electron chi connectivity index (χ3n) is 2.89. The van der Waals surface area contributed by atoms with E-state index in [4.69, 9.17) is 0 Å². The molecule has 2 nitrogen and oxygen atoms in total. The second-order valence-corrected chi connectivity index (χ2v) is 5.58. The number of halogens is 2. The van der Waals surface area contributed by atoms with Gasteiger partial charge >= 0.3 is 0 Å². The van der Waals surface area contributed by atoms with Crippen LogP contribution in [0.2, 0.25) is 0 Å². The minimum Gasteiger partial charge on any atom is -0.333 e. The fourth-order valence-corrected chi connectivity index (χ4v) is 2.31. The predicted molar refractivity (Wildman–Crippen MR) is 68.4 cm³/mol. The van der Waals surface area contributed by atoms with Gasteiger partial charge in [0.15, 0.2) is 0 Å². The van der Waals surface area contributed by atoms with E-state index in [2.05, 4.69) is 15.9 Å². The lowest BCUT2D eigenvalue weighted by atomic mass is 10.1. The molecule has 1 aromatic carbocycles. The summed E-state index contributed by atoms with van der Waals surface area (Å²) in [6, 6.07) is 4.98. The van der Waals surface area contributed by atoms with Crippen LogP contribution in [-0.2, 0) is 0 Å². The van der Waals surface area contributed by atoms with Crippen molar-refractivity contribution in [3.05, 3.63) is 34.1 Å². The highest BCUT2D eigenvalue weighted by molar-refractivity contribution is 9.10. The predicted octanol–water partition coefficient (Wildman–Crippen LogP) is 3.60. The largest absolute Gasteiger partial charge is 0.333 e. The zero-order chi connectivity index (χ0) is 12.6.